The normalized spacial score (nSPS) is 15.4. The fraction of sp³-hybridized carbons (Fsp3) is 0.462. The van der Waals surface area contributed by atoms with E-state index in [0.717, 1.165) is 24.2 Å². The van der Waals surface area contributed by atoms with Gasteiger partial charge in [-0.25, -0.2) is 0 Å². The van der Waals surface area contributed by atoms with Gasteiger partial charge in [-0.3, -0.25) is 4.79 Å². The van der Waals surface area contributed by atoms with Gasteiger partial charge in [-0.15, -0.1) is 0 Å². The van der Waals surface area contributed by atoms with Gasteiger partial charge in [0.05, 0.1) is 11.7 Å². The Morgan fingerprint density at radius 2 is 2.00 bits per heavy atom. The van der Waals surface area contributed by atoms with Crippen molar-refractivity contribution < 1.29 is 9.53 Å². The Morgan fingerprint density at radius 1 is 1.33 bits per heavy atom. The summed E-state index contributed by atoms with van der Waals surface area (Å²) in [5, 5.41) is 0. The largest absolute Gasteiger partial charge is 0.490 e. The summed E-state index contributed by atoms with van der Waals surface area (Å²) in [6.45, 7) is 3.94. The Hall–Kier alpha value is -1.31. The molecule has 0 spiro atoms. The molecule has 80 valence electrons. The molecule has 0 saturated heterocycles. The fourth-order valence-electron chi connectivity index (χ4n) is 1.59. The van der Waals surface area contributed by atoms with Gasteiger partial charge >= 0.3 is 0 Å². The molecule has 0 bridgehead atoms. The highest BCUT2D eigenvalue weighted by atomic mass is 16.5. The number of carbonyl (C=O) groups is 1. The molecular weight excluding hydrogens is 188 g/mol. The highest BCUT2D eigenvalue weighted by Crippen LogP contribution is 2.35. The number of hydrogen-bond acceptors (Lipinski definition) is 2. The molecule has 0 heterocycles. The van der Waals surface area contributed by atoms with Gasteiger partial charge in [-0.05, 0) is 38.8 Å². The SMILES string of the molecule is CC(C)Oc1ccccc1C(=O)C1CC1. The molecule has 0 aliphatic heterocycles. The molecule has 0 aromatic heterocycles. The lowest BCUT2D eigenvalue weighted by atomic mass is 10.1. The standard InChI is InChI=1S/C13H16O2/c1-9(2)15-12-6-4-3-5-11(12)13(14)10-7-8-10/h3-6,9-10H,7-8H2,1-2H3. The summed E-state index contributed by atoms with van der Waals surface area (Å²) in [7, 11) is 0. The molecule has 2 nitrogen and oxygen atoms in total. The van der Waals surface area contributed by atoms with E-state index in [1.54, 1.807) is 0 Å². The average Bonchev–Trinajstić information content (AvgIpc) is 3.00. The van der Waals surface area contributed by atoms with E-state index in [4.69, 9.17) is 4.74 Å². The molecule has 2 rings (SSSR count). The summed E-state index contributed by atoms with van der Waals surface area (Å²) in [6, 6.07) is 7.53. The third-order valence-electron chi connectivity index (χ3n) is 2.46. The van der Waals surface area contributed by atoms with Crippen LogP contribution in [-0.4, -0.2) is 11.9 Å². The Balaban J connectivity index is 2.24. The van der Waals surface area contributed by atoms with Crippen molar-refractivity contribution in [3.63, 3.8) is 0 Å². The maximum Gasteiger partial charge on any atom is 0.169 e. The molecule has 1 fully saturated rings. The minimum atomic E-state index is 0.109. The first-order valence-corrected chi connectivity index (χ1v) is 5.48. The molecule has 1 aliphatic carbocycles. The lowest BCUT2D eigenvalue weighted by Crippen LogP contribution is -2.10. The topological polar surface area (TPSA) is 26.3 Å². The Labute approximate surface area is 90.3 Å². The van der Waals surface area contributed by atoms with Gasteiger partial charge in [0.25, 0.3) is 0 Å². The van der Waals surface area contributed by atoms with Gasteiger partial charge in [0.15, 0.2) is 5.78 Å². The number of hydrogen-bond donors (Lipinski definition) is 0. The molecule has 0 radical (unpaired) electrons. The number of ether oxygens (including phenoxy) is 1. The zero-order valence-corrected chi connectivity index (χ0v) is 9.19. The Bertz CT molecular complexity index is 365. The molecule has 0 unspecified atom stereocenters. The van der Waals surface area contributed by atoms with E-state index >= 15 is 0 Å². The molecule has 0 atom stereocenters. The quantitative estimate of drug-likeness (QED) is 0.704. The fourth-order valence-corrected chi connectivity index (χ4v) is 1.59. The Morgan fingerprint density at radius 3 is 2.60 bits per heavy atom. The second-order valence-electron chi connectivity index (χ2n) is 4.30. The molecule has 2 heteroatoms. The maximum atomic E-state index is 11.9. The van der Waals surface area contributed by atoms with E-state index in [2.05, 4.69) is 0 Å². The van der Waals surface area contributed by atoms with Crippen molar-refractivity contribution in [2.75, 3.05) is 0 Å². The highest BCUT2D eigenvalue weighted by molar-refractivity contribution is 6.01. The lowest BCUT2D eigenvalue weighted by molar-refractivity contribution is 0.0962. The molecule has 1 saturated carbocycles. The van der Waals surface area contributed by atoms with Crippen molar-refractivity contribution >= 4 is 5.78 Å². The predicted octanol–water partition coefficient (Wildman–Crippen LogP) is 3.07. The number of rotatable bonds is 4. The van der Waals surface area contributed by atoms with Crippen molar-refractivity contribution in [3.8, 4) is 5.75 Å². The zero-order chi connectivity index (χ0) is 10.8. The van der Waals surface area contributed by atoms with Crippen LogP contribution < -0.4 is 4.74 Å². The molecular formula is C13H16O2. The summed E-state index contributed by atoms with van der Waals surface area (Å²) in [6.07, 6.45) is 2.18. The summed E-state index contributed by atoms with van der Waals surface area (Å²) < 4.78 is 5.62. The molecule has 1 aliphatic rings. The first-order chi connectivity index (χ1) is 7.18. The van der Waals surface area contributed by atoms with Gasteiger partial charge in [-0.2, -0.15) is 0 Å². The first-order valence-electron chi connectivity index (χ1n) is 5.48. The second kappa shape index (κ2) is 4.05. The molecule has 1 aromatic rings. The van der Waals surface area contributed by atoms with Crippen molar-refractivity contribution in [2.24, 2.45) is 5.92 Å². The average molecular weight is 204 g/mol. The van der Waals surface area contributed by atoms with Crippen LogP contribution in [0, 0.1) is 5.92 Å². The third-order valence-corrected chi connectivity index (χ3v) is 2.46. The smallest absolute Gasteiger partial charge is 0.169 e. The van der Waals surface area contributed by atoms with Crippen LogP contribution >= 0.6 is 0 Å². The number of para-hydroxylation sites is 1. The van der Waals surface area contributed by atoms with Crippen LogP contribution in [0.5, 0.6) is 5.75 Å². The van der Waals surface area contributed by atoms with Crippen molar-refractivity contribution in [3.05, 3.63) is 29.8 Å². The highest BCUT2D eigenvalue weighted by Gasteiger charge is 2.31. The zero-order valence-electron chi connectivity index (χ0n) is 9.19. The number of ketones is 1. The number of carbonyl (C=O) groups excluding carboxylic acids is 1. The first kappa shape index (κ1) is 10.2. The lowest BCUT2D eigenvalue weighted by Gasteiger charge is -2.13. The predicted molar refractivity (Wildman–Crippen MR) is 59.3 cm³/mol. The van der Waals surface area contributed by atoms with E-state index in [-0.39, 0.29) is 17.8 Å². The van der Waals surface area contributed by atoms with Crippen molar-refractivity contribution in [1.29, 1.82) is 0 Å². The van der Waals surface area contributed by atoms with E-state index in [0.29, 0.717) is 0 Å². The van der Waals surface area contributed by atoms with Gasteiger partial charge < -0.3 is 4.74 Å². The third kappa shape index (κ3) is 2.38. The van der Waals surface area contributed by atoms with Gasteiger partial charge in [0, 0.05) is 5.92 Å². The van der Waals surface area contributed by atoms with Crippen LogP contribution in [0.2, 0.25) is 0 Å². The molecule has 0 N–H and O–H groups in total. The van der Waals surface area contributed by atoms with E-state index < -0.39 is 0 Å². The van der Waals surface area contributed by atoms with Crippen molar-refractivity contribution in [2.45, 2.75) is 32.8 Å². The number of benzene rings is 1. The second-order valence-corrected chi connectivity index (χ2v) is 4.30. The van der Waals surface area contributed by atoms with Crippen molar-refractivity contribution in [1.82, 2.24) is 0 Å². The molecule has 15 heavy (non-hydrogen) atoms. The van der Waals surface area contributed by atoms with Gasteiger partial charge in [-0.1, -0.05) is 12.1 Å². The van der Waals surface area contributed by atoms with Crippen LogP contribution in [0.25, 0.3) is 0 Å². The van der Waals surface area contributed by atoms with E-state index in [1.807, 2.05) is 38.1 Å². The monoisotopic (exact) mass is 204 g/mol. The van der Waals surface area contributed by atoms with Crippen LogP contribution in [0.1, 0.15) is 37.0 Å². The summed E-state index contributed by atoms with van der Waals surface area (Å²) in [5.74, 6) is 1.22. The summed E-state index contributed by atoms with van der Waals surface area (Å²) >= 11 is 0. The van der Waals surface area contributed by atoms with Crippen LogP contribution in [0.4, 0.5) is 0 Å². The van der Waals surface area contributed by atoms with Crippen LogP contribution in [0.15, 0.2) is 24.3 Å². The van der Waals surface area contributed by atoms with Crippen LogP contribution in [-0.2, 0) is 0 Å². The van der Waals surface area contributed by atoms with Gasteiger partial charge in [0.2, 0.25) is 0 Å². The summed E-state index contributed by atoms with van der Waals surface area (Å²) in [4.78, 5) is 11.9. The van der Waals surface area contributed by atoms with Crippen LogP contribution in [0.3, 0.4) is 0 Å². The van der Waals surface area contributed by atoms with E-state index in [1.165, 1.54) is 0 Å². The summed E-state index contributed by atoms with van der Waals surface area (Å²) in [5.41, 5.74) is 0.744. The molecule has 1 aromatic carbocycles. The molecule has 0 amide bonds. The van der Waals surface area contributed by atoms with E-state index in [9.17, 15) is 4.79 Å². The maximum absolute atomic E-state index is 11.9. The Kier molecular flexibility index (Phi) is 2.76. The minimum Gasteiger partial charge on any atom is -0.490 e. The minimum absolute atomic E-state index is 0.109. The number of Topliss-reactive ketones (excluding diaryl/α,β-unsaturated/α-hetero) is 1. The van der Waals surface area contributed by atoms with Gasteiger partial charge in [0.1, 0.15) is 5.75 Å².